The van der Waals surface area contributed by atoms with Gasteiger partial charge in [-0.05, 0) is 57.5 Å². The van der Waals surface area contributed by atoms with Gasteiger partial charge in [-0.2, -0.15) is 0 Å². The quantitative estimate of drug-likeness (QED) is 0.627. The zero-order valence-electron chi connectivity index (χ0n) is 16.8. The first kappa shape index (κ1) is 19.2. The highest BCUT2D eigenvalue weighted by molar-refractivity contribution is 5.76. The zero-order chi connectivity index (χ0) is 19.4. The van der Waals surface area contributed by atoms with E-state index in [1.54, 1.807) is 7.11 Å². The third-order valence-corrected chi connectivity index (χ3v) is 4.59. The van der Waals surface area contributed by atoms with Crippen LogP contribution in [0.2, 0.25) is 0 Å². The summed E-state index contributed by atoms with van der Waals surface area (Å²) in [7, 11) is 1.67. The van der Waals surface area contributed by atoms with Crippen molar-refractivity contribution in [1.82, 2.24) is 14.9 Å². The first-order valence-corrected chi connectivity index (χ1v) is 9.55. The molecule has 3 rings (SSSR count). The number of nitrogens with one attached hydrogen (secondary N) is 1. The van der Waals surface area contributed by atoms with Gasteiger partial charge in [-0.1, -0.05) is 18.2 Å². The predicted octanol–water partition coefficient (Wildman–Crippen LogP) is 4.70. The van der Waals surface area contributed by atoms with E-state index < -0.39 is 0 Å². The Bertz CT molecular complexity index is 902. The van der Waals surface area contributed by atoms with E-state index in [4.69, 9.17) is 14.5 Å². The fraction of sp³-hybridized carbons (Fsp3) is 0.409. The predicted molar refractivity (Wildman–Crippen MR) is 109 cm³/mol. The van der Waals surface area contributed by atoms with Crippen LogP contribution in [0.4, 0.5) is 0 Å². The minimum atomic E-state index is 0.116. The molecule has 1 N–H and O–H groups in total. The van der Waals surface area contributed by atoms with Crippen molar-refractivity contribution in [1.29, 1.82) is 0 Å². The van der Waals surface area contributed by atoms with Crippen molar-refractivity contribution in [3.63, 3.8) is 0 Å². The van der Waals surface area contributed by atoms with Crippen LogP contribution < -0.4 is 14.8 Å². The molecule has 0 bridgehead atoms. The molecule has 0 saturated carbocycles. The van der Waals surface area contributed by atoms with E-state index in [-0.39, 0.29) is 12.1 Å². The molecule has 5 nitrogen and oxygen atoms in total. The SMILES string of the molecule is CCn1c(C(C)NCc2ccc(OC(C)C)c(OC)c2)nc2ccccc21. The van der Waals surface area contributed by atoms with Crippen LogP contribution in [-0.2, 0) is 13.1 Å². The van der Waals surface area contributed by atoms with Gasteiger partial charge in [0.15, 0.2) is 11.5 Å². The molecule has 1 aromatic heterocycles. The molecule has 5 heteroatoms. The molecular formula is C22H29N3O2. The van der Waals surface area contributed by atoms with Gasteiger partial charge < -0.3 is 19.4 Å². The van der Waals surface area contributed by atoms with Crippen LogP contribution in [0.15, 0.2) is 42.5 Å². The second-order valence-electron chi connectivity index (χ2n) is 6.96. The van der Waals surface area contributed by atoms with E-state index in [0.29, 0.717) is 0 Å². The number of hydrogen-bond donors (Lipinski definition) is 1. The highest BCUT2D eigenvalue weighted by Crippen LogP contribution is 2.29. The van der Waals surface area contributed by atoms with Crippen molar-refractivity contribution in [2.45, 2.75) is 52.9 Å². The summed E-state index contributed by atoms with van der Waals surface area (Å²) in [5.74, 6) is 2.60. The summed E-state index contributed by atoms with van der Waals surface area (Å²) >= 11 is 0. The van der Waals surface area contributed by atoms with Crippen LogP contribution in [0, 0.1) is 0 Å². The maximum absolute atomic E-state index is 5.79. The maximum atomic E-state index is 5.79. The Kier molecular flexibility index (Phi) is 6.01. The normalized spacial score (nSPS) is 12.5. The number of nitrogens with zero attached hydrogens (tertiary/aromatic N) is 2. The molecular weight excluding hydrogens is 338 g/mol. The smallest absolute Gasteiger partial charge is 0.161 e. The van der Waals surface area contributed by atoms with Gasteiger partial charge in [-0.3, -0.25) is 0 Å². The summed E-state index contributed by atoms with van der Waals surface area (Å²) in [5.41, 5.74) is 3.37. The molecule has 0 fully saturated rings. The molecule has 0 radical (unpaired) electrons. The summed E-state index contributed by atoms with van der Waals surface area (Å²) in [6.07, 6.45) is 0.116. The molecule has 0 aliphatic rings. The first-order valence-electron chi connectivity index (χ1n) is 9.55. The molecule has 144 valence electrons. The van der Waals surface area contributed by atoms with Gasteiger partial charge >= 0.3 is 0 Å². The highest BCUT2D eigenvalue weighted by Gasteiger charge is 2.15. The summed E-state index contributed by atoms with van der Waals surface area (Å²) in [4.78, 5) is 4.83. The lowest BCUT2D eigenvalue weighted by Crippen LogP contribution is -2.21. The number of aromatic nitrogens is 2. The largest absolute Gasteiger partial charge is 0.493 e. The van der Waals surface area contributed by atoms with Crippen molar-refractivity contribution in [3.05, 3.63) is 53.9 Å². The number of methoxy groups -OCH3 is 1. The molecule has 0 aliphatic heterocycles. The lowest BCUT2D eigenvalue weighted by Gasteiger charge is -2.17. The fourth-order valence-corrected chi connectivity index (χ4v) is 3.29. The number of ether oxygens (including phenoxy) is 2. The van der Waals surface area contributed by atoms with Gasteiger partial charge in [0, 0.05) is 13.1 Å². The minimum Gasteiger partial charge on any atom is -0.493 e. The van der Waals surface area contributed by atoms with E-state index in [0.717, 1.165) is 41.5 Å². The third kappa shape index (κ3) is 4.25. The van der Waals surface area contributed by atoms with Crippen molar-refractivity contribution in [2.75, 3.05) is 7.11 Å². The Balaban J connectivity index is 1.75. The van der Waals surface area contributed by atoms with Gasteiger partial charge in [0.25, 0.3) is 0 Å². The number of para-hydroxylation sites is 2. The van der Waals surface area contributed by atoms with Crippen molar-refractivity contribution >= 4 is 11.0 Å². The second kappa shape index (κ2) is 8.44. The van der Waals surface area contributed by atoms with E-state index in [9.17, 15) is 0 Å². The summed E-state index contributed by atoms with van der Waals surface area (Å²) in [6.45, 7) is 9.96. The van der Waals surface area contributed by atoms with Crippen molar-refractivity contribution < 1.29 is 9.47 Å². The van der Waals surface area contributed by atoms with Crippen LogP contribution >= 0.6 is 0 Å². The summed E-state index contributed by atoms with van der Waals surface area (Å²) in [5, 5.41) is 3.58. The number of benzene rings is 2. The van der Waals surface area contributed by atoms with Gasteiger partial charge in [0.1, 0.15) is 5.82 Å². The lowest BCUT2D eigenvalue weighted by molar-refractivity contribution is 0.230. The van der Waals surface area contributed by atoms with Gasteiger partial charge in [-0.15, -0.1) is 0 Å². The Morgan fingerprint density at radius 2 is 1.85 bits per heavy atom. The van der Waals surface area contributed by atoms with Crippen LogP contribution in [0.25, 0.3) is 11.0 Å². The standard InChI is InChI=1S/C22H29N3O2/c1-6-25-19-10-8-7-9-18(19)24-22(25)16(4)23-14-17-11-12-20(27-15(2)3)21(13-17)26-5/h7-13,15-16,23H,6,14H2,1-5H3. The van der Waals surface area contributed by atoms with Crippen LogP contribution in [0.3, 0.4) is 0 Å². The first-order chi connectivity index (χ1) is 13.0. The Labute approximate surface area is 161 Å². The maximum Gasteiger partial charge on any atom is 0.161 e. The van der Waals surface area contributed by atoms with Gasteiger partial charge in [0.05, 0.1) is 30.3 Å². The van der Waals surface area contributed by atoms with Gasteiger partial charge in [-0.25, -0.2) is 4.98 Å². The lowest BCUT2D eigenvalue weighted by atomic mass is 10.2. The van der Waals surface area contributed by atoms with Crippen molar-refractivity contribution in [3.8, 4) is 11.5 Å². The van der Waals surface area contributed by atoms with E-state index in [1.807, 2.05) is 32.0 Å². The average molecular weight is 367 g/mol. The van der Waals surface area contributed by atoms with Crippen LogP contribution in [-0.4, -0.2) is 22.8 Å². The fourth-order valence-electron chi connectivity index (χ4n) is 3.29. The highest BCUT2D eigenvalue weighted by atomic mass is 16.5. The number of imidazole rings is 1. The third-order valence-electron chi connectivity index (χ3n) is 4.59. The van der Waals surface area contributed by atoms with E-state index in [2.05, 4.69) is 48.0 Å². The van der Waals surface area contributed by atoms with Crippen molar-refractivity contribution in [2.24, 2.45) is 0 Å². The molecule has 0 saturated heterocycles. The second-order valence-corrected chi connectivity index (χ2v) is 6.96. The molecule has 1 unspecified atom stereocenters. The number of hydrogen-bond acceptors (Lipinski definition) is 4. The van der Waals surface area contributed by atoms with Gasteiger partial charge in [0.2, 0.25) is 0 Å². The molecule has 0 amide bonds. The topological polar surface area (TPSA) is 48.3 Å². The number of rotatable bonds is 8. The zero-order valence-corrected chi connectivity index (χ0v) is 16.8. The Hall–Kier alpha value is -2.53. The van der Waals surface area contributed by atoms with Crippen LogP contribution in [0.1, 0.15) is 45.1 Å². The molecule has 0 aliphatic carbocycles. The molecule has 1 heterocycles. The summed E-state index contributed by atoms with van der Waals surface area (Å²) in [6, 6.07) is 14.5. The molecule has 3 aromatic rings. The molecule has 1 atom stereocenters. The van der Waals surface area contributed by atoms with Crippen LogP contribution in [0.5, 0.6) is 11.5 Å². The Morgan fingerprint density at radius 1 is 1.07 bits per heavy atom. The summed E-state index contributed by atoms with van der Waals surface area (Å²) < 4.78 is 13.5. The minimum absolute atomic E-state index is 0.116. The molecule has 27 heavy (non-hydrogen) atoms. The van der Waals surface area contributed by atoms with E-state index in [1.165, 1.54) is 5.52 Å². The number of fused-ring (bicyclic) bond motifs is 1. The number of aryl methyl sites for hydroxylation is 1. The Morgan fingerprint density at radius 3 is 2.56 bits per heavy atom. The molecule has 0 spiro atoms. The monoisotopic (exact) mass is 367 g/mol. The van der Waals surface area contributed by atoms with E-state index >= 15 is 0 Å². The average Bonchev–Trinajstić information content (AvgIpc) is 3.05. The molecule has 2 aromatic carbocycles.